The average molecular weight is 479 g/mol. The van der Waals surface area contributed by atoms with E-state index in [1.807, 2.05) is 0 Å². The topological polar surface area (TPSA) is 182 Å². The van der Waals surface area contributed by atoms with E-state index in [9.17, 15) is 39.9 Å². The van der Waals surface area contributed by atoms with Crippen LogP contribution in [0.3, 0.4) is 0 Å². The molecule has 0 spiro atoms. The van der Waals surface area contributed by atoms with Crippen molar-refractivity contribution in [2.24, 2.45) is 17.6 Å². The second-order valence-corrected chi connectivity index (χ2v) is 9.38. The van der Waals surface area contributed by atoms with Crippen molar-refractivity contribution in [3.63, 3.8) is 0 Å². The first kappa shape index (κ1) is 23.2. The lowest BCUT2D eigenvalue weighted by atomic mass is 9.55. The van der Waals surface area contributed by atoms with Crippen molar-refractivity contribution in [1.29, 1.82) is 0 Å². The number of likely N-dealkylation sites (N-methyl/N-ethyl adjacent to an activating group) is 1. The summed E-state index contributed by atoms with van der Waals surface area (Å²) in [7, 11) is 2.95. The normalized spacial score (nSPS) is 33.7. The van der Waals surface area contributed by atoms with E-state index < -0.39 is 81.4 Å². The Morgan fingerprint density at radius 2 is 1.79 bits per heavy atom. The highest BCUT2D eigenvalue weighted by Crippen LogP contribution is 2.55. The number of benzene rings is 1. The minimum Gasteiger partial charge on any atom is -0.510 e. The van der Waals surface area contributed by atoms with E-state index in [2.05, 4.69) is 0 Å². The SMILES string of the molecule is C[C@H]1c2cc(Cl)cc(O)c2C(=O)C2=C(O)[C@]3(O)C(=O)C(C(N)=O)=C(O)[C@@H](N(C)C)C3[C@@H](O)C21. The van der Waals surface area contributed by atoms with Crippen LogP contribution in [0.2, 0.25) is 5.02 Å². The molecule has 7 N–H and O–H groups in total. The number of halogens is 1. The number of primary amides is 1. The average Bonchev–Trinajstić information content (AvgIpc) is 2.70. The quantitative estimate of drug-likeness (QED) is 0.326. The zero-order valence-corrected chi connectivity index (χ0v) is 18.7. The van der Waals surface area contributed by atoms with Crippen LogP contribution < -0.4 is 5.73 Å². The van der Waals surface area contributed by atoms with Crippen molar-refractivity contribution in [2.75, 3.05) is 14.1 Å². The first-order valence-electron chi connectivity index (χ1n) is 10.1. The minimum absolute atomic E-state index is 0.148. The van der Waals surface area contributed by atoms with Gasteiger partial charge >= 0.3 is 0 Å². The van der Waals surface area contributed by atoms with E-state index in [1.165, 1.54) is 25.1 Å². The Bertz CT molecular complexity index is 1190. The molecule has 0 aliphatic heterocycles. The lowest BCUT2D eigenvalue weighted by molar-refractivity contribution is -0.162. The van der Waals surface area contributed by atoms with Crippen LogP contribution in [0.15, 0.2) is 34.8 Å². The third-order valence-corrected chi connectivity index (χ3v) is 7.25. The number of hydrogen-bond acceptors (Lipinski definition) is 9. The number of amides is 1. The Balaban J connectivity index is 2.06. The highest BCUT2D eigenvalue weighted by molar-refractivity contribution is 6.31. The summed E-state index contributed by atoms with van der Waals surface area (Å²) in [6, 6.07) is 1.29. The van der Waals surface area contributed by atoms with E-state index in [-0.39, 0.29) is 10.6 Å². The zero-order chi connectivity index (χ0) is 24.7. The van der Waals surface area contributed by atoms with Gasteiger partial charge in [0.15, 0.2) is 11.4 Å². The summed E-state index contributed by atoms with van der Waals surface area (Å²) in [5, 5.41) is 55.4. The molecule has 0 saturated heterocycles. The number of hydrogen-bond donors (Lipinski definition) is 6. The number of aliphatic hydroxyl groups is 4. The summed E-state index contributed by atoms with van der Waals surface area (Å²) in [5.74, 6) is -9.31. The number of fused-ring (bicyclic) bond motifs is 3. The number of phenols is 1. The summed E-state index contributed by atoms with van der Waals surface area (Å²) >= 11 is 6.05. The number of aromatic hydroxyl groups is 1. The number of Topliss-reactive ketones (excluding diaryl/α,β-unsaturated/α-hetero) is 2. The van der Waals surface area contributed by atoms with E-state index in [4.69, 9.17) is 17.3 Å². The highest BCUT2D eigenvalue weighted by Gasteiger charge is 2.67. The Morgan fingerprint density at radius 3 is 2.33 bits per heavy atom. The van der Waals surface area contributed by atoms with Crippen molar-refractivity contribution < 1.29 is 39.9 Å². The standard InChI is InChI=1S/C22H23ClN2O8/c1-6-8-4-7(23)5-9(26)11(8)16(27)12-10(6)17(28)14-15(25(2)3)18(29)13(21(24)32)20(31)22(14,33)19(12)30/h4-6,10,14-15,17,26,28-30,33H,1-3H3,(H2,24,32)/t6-,10?,14?,15-,17-,22-/m0/s1. The molecule has 6 atom stereocenters. The van der Waals surface area contributed by atoms with Gasteiger partial charge in [-0.15, -0.1) is 0 Å². The van der Waals surface area contributed by atoms with Gasteiger partial charge in [0.25, 0.3) is 5.91 Å². The highest BCUT2D eigenvalue weighted by atomic mass is 35.5. The molecule has 3 aliphatic rings. The Kier molecular flexibility index (Phi) is 5.14. The lowest BCUT2D eigenvalue weighted by Crippen LogP contribution is -2.68. The fourth-order valence-electron chi connectivity index (χ4n) is 5.62. The number of carbonyl (C=O) groups is 3. The third kappa shape index (κ3) is 2.81. The first-order valence-corrected chi connectivity index (χ1v) is 10.5. The van der Waals surface area contributed by atoms with Crippen LogP contribution in [0.25, 0.3) is 0 Å². The summed E-state index contributed by atoms with van der Waals surface area (Å²) in [6.07, 6.45) is -1.64. The molecular formula is C22H23ClN2O8. The number of nitrogens with zero attached hydrogens (tertiary/aromatic N) is 1. The molecule has 2 unspecified atom stereocenters. The molecule has 33 heavy (non-hydrogen) atoms. The van der Waals surface area contributed by atoms with Gasteiger partial charge in [-0.1, -0.05) is 18.5 Å². The molecule has 10 nitrogen and oxygen atoms in total. The molecule has 0 bridgehead atoms. The predicted octanol–water partition coefficient (Wildman–Crippen LogP) is 0.306. The van der Waals surface area contributed by atoms with Crippen molar-refractivity contribution in [2.45, 2.75) is 30.6 Å². The largest absolute Gasteiger partial charge is 0.510 e. The maximum absolute atomic E-state index is 13.4. The molecule has 1 aromatic rings. The molecule has 0 saturated carbocycles. The summed E-state index contributed by atoms with van der Waals surface area (Å²) in [4.78, 5) is 39.9. The molecule has 11 heteroatoms. The fourth-order valence-corrected chi connectivity index (χ4v) is 5.84. The Morgan fingerprint density at radius 1 is 1.18 bits per heavy atom. The Hall–Kier alpha value is -2.92. The number of phenolic OH excluding ortho intramolecular Hbond substituents is 1. The van der Waals surface area contributed by atoms with Gasteiger partial charge < -0.3 is 31.3 Å². The fraction of sp³-hybridized carbons (Fsp3) is 0.409. The van der Waals surface area contributed by atoms with Crippen LogP contribution in [0.4, 0.5) is 0 Å². The molecule has 1 aromatic carbocycles. The minimum atomic E-state index is -2.92. The predicted molar refractivity (Wildman–Crippen MR) is 115 cm³/mol. The monoisotopic (exact) mass is 478 g/mol. The van der Waals surface area contributed by atoms with Gasteiger partial charge in [0.1, 0.15) is 22.8 Å². The zero-order valence-electron chi connectivity index (χ0n) is 17.9. The first-order chi connectivity index (χ1) is 15.3. The Labute approximate surface area is 193 Å². The maximum Gasteiger partial charge on any atom is 0.255 e. The summed E-state index contributed by atoms with van der Waals surface area (Å²) in [6.45, 7) is 1.63. The van der Waals surface area contributed by atoms with Crippen LogP contribution in [-0.2, 0) is 9.59 Å². The third-order valence-electron chi connectivity index (χ3n) is 7.03. The molecule has 0 heterocycles. The molecule has 4 rings (SSSR count). The number of aliphatic hydroxyl groups excluding tert-OH is 3. The van der Waals surface area contributed by atoms with Gasteiger partial charge in [-0.05, 0) is 37.7 Å². The van der Waals surface area contributed by atoms with Gasteiger partial charge in [-0.2, -0.15) is 0 Å². The molecule has 0 aromatic heterocycles. The van der Waals surface area contributed by atoms with E-state index in [0.717, 1.165) is 6.07 Å². The molecule has 0 fully saturated rings. The molecule has 3 aliphatic carbocycles. The van der Waals surface area contributed by atoms with Gasteiger partial charge in [-0.3, -0.25) is 19.3 Å². The summed E-state index contributed by atoms with van der Waals surface area (Å²) < 4.78 is 0. The van der Waals surface area contributed by atoms with Crippen LogP contribution in [0.5, 0.6) is 5.75 Å². The van der Waals surface area contributed by atoms with Crippen LogP contribution in [0, 0.1) is 11.8 Å². The van der Waals surface area contributed by atoms with E-state index in [1.54, 1.807) is 6.92 Å². The molecular weight excluding hydrogens is 456 g/mol. The van der Waals surface area contributed by atoms with Crippen molar-refractivity contribution in [3.8, 4) is 5.75 Å². The number of rotatable bonds is 2. The number of nitrogens with two attached hydrogens (primary N) is 1. The lowest BCUT2D eigenvalue weighted by Gasteiger charge is -2.53. The van der Waals surface area contributed by atoms with Gasteiger partial charge in [0, 0.05) is 16.5 Å². The summed E-state index contributed by atoms with van der Waals surface area (Å²) in [5.41, 5.74) is 1.08. The van der Waals surface area contributed by atoms with Crippen molar-refractivity contribution in [1.82, 2.24) is 4.90 Å². The number of carbonyl (C=O) groups excluding carboxylic acids is 3. The molecule has 1 amide bonds. The van der Waals surface area contributed by atoms with Gasteiger partial charge in [-0.25, -0.2) is 0 Å². The van der Waals surface area contributed by atoms with Crippen LogP contribution >= 0.6 is 11.6 Å². The van der Waals surface area contributed by atoms with Crippen LogP contribution in [0.1, 0.15) is 28.8 Å². The smallest absolute Gasteiger partial charge is 0.255 e. The second-order valence-electron chi connectivity index (χ2n) is 8.94. The maximum atomic E-state index is 13.4. The van der Waals surface area contributed by atoms with Crippen molar-refractivity contribution >= 4 is 29.1 Å². The van der Waals surface area contributed by atoms with Gasteiger partial charge in [0.05, 0.1) is 23.6 Å². The van der Waals surface area contributed by atoms with E-state index >= 15 is 0 Å². The second kappa shape index (κ2) is 7.29. The van der Waals surface area contributed by atoms with Crippen molar-refractivity contribution in [3.05, 3.63) is 50.9 Å². The van der Waals surface area contributed by atoms with Gasteiger partial charge in [0.2, 0.25) is 5.78 Å². The molecule has 0 radical (unpaired) electrons. The van der Waals surface area contributed by atoms with E-state index in [0.29, 0.717) is 5.56 Å². The molecule has 176 valence electrons. The van der Waals surface area contributed by atoms with Crippen LogP contribution in [-0.4, -0.2) is 79.7 Å². The number of ketones is 2.